The third kappa shape index (κ3) is 5.17. The van der Waals surface area contributed by atoms with Gasteiger partial charge in [-0.2, -0.15) is 0 Å². The Hall–Kier alpha value is -3.56. The molecule has 1 aliphatic heterocycles. The molecule has 0 bridgehead atoms. The summed E-state index contributed by atoms with van der Waals surface area (Å²) in [5.74, 6) is -0.523. The Balaban J connectivity index is 1.44. The monoisotopic (exact) mass is 563 g/mol. The first kappa shape index (κ1) is 24.1. The number of benzene rings is 2. The molecule has 182 valence electrons. The molecule has 1 saturated heterocycles. The van der Waals surface area contributed by atoms with Crippen LogP contribution in [0.3, 0.4) is 0 Å². The van der Waals surface area contributed by atoms with Crippen molar-refractivity contribution in [3.8, 4) is 5.69 Å². The average molecular weight is 564 g/mol. The summed E-state index contributed by atoms with van der Waals surface area (Å²) < 4.78 is 16.3. The van der Waals surface area contributed by atoms with Crippen LogP contribution in [0.4, 0.5) is 10.1 Å². The number of rotatable bonds is 7. The van der Waals surface area contributed by atoms with Crippen LogP contribution in [0, 0.1) is 5.82 Å². The molecule has 1 aliphatic rings. The smallest absolute Gasteiger partial charge is 0.226 e. The molecular formula is C27H23BrFN5OS. The topological polar surface area (TPSA) is 62.2 Å². The van der Waals surface area contributed by atoms with Crippen molar-refractivity contribution < 1.29 is 9.18 Å². The van der Waals surface area contributed by atoms with Crippen molar-refractivity contribution in [1.29, 1.82) is 0 Å². The Labute approximate surface area is 222 Å². The number of nitrogens with zero attached hydrogens (tertiary/aromatic N) is 3. The van der Waals surface area contributed by atoms with Gasteiger partial charge in [0.05, 0.1) is 17.8 Å². The van der Waals surface area contributed by atoms with Crippen LogP contribution in [0.1, 0.15) is 29.9 Å². The van der Waals surface area contributed by atoms with Crippen LogP contribution < -0.4 is 10.6 Å². The van der Waals surface area contributed by atoms with Gasteiger partial charge in [0.2, 0.25) is 5.91 Å². The van der Waals surface area contributed by atoms with E-state index in [1.165, 1.54) is 12.1 Å². The predicted molar refractivity (Wildman–Crippen MR) is 145 cm³/mol. The van der Waals surface area contributed by atoms with Crippen LogP contribution in [0.5, 0.6) is 0 Å². The normalized spacial score (nSPS) is 17.2. The summed E-state index contributed by atoms with van der Waals surface area (Å²) in [5, 5.41) is 6.81. The van der Waals surface area contributed by atoms with Crippen molar-refractivity contribution in [1.82, 2.24) is 19.8 Å². The van der Waals surface area contributed by atoms with Gasteiger partial charge < -0.3 is 20.1 Å². The van der Waals surface area contributed by atoms with E-state index in [2.05, 4.69) is 48.2 Å². The van der Waals surface area contributed by atoms with E-state index in [1.54, 1.807) is 18.3 Å². The SMILES string of the molecule is O=C(CCN1C(=S)NC(c2ccccn2)C1c1cccn1-c1cccc(Br)c1)Nc1ccc(F)cc1. The van der Waals surface area contributed by atoms with Crippen molar-refractivity contribution in [2.24, 2.45) is 0 Å². The molecule has 4 aromatic rings. The van der Waals surface area contributed by atoms with Crippen molar-refractivity contribution >= 4 is 44.9 Å². The number of carbonyl (C=O) groups excluding carboxylic acids is 1. The second-order valence-electron chi connectivity index (χ2n) is 8.41. The highest BCUT2D eigenvalue weighted by atomic mass is 79.9. The fraction of sp³-hybridized carbons (Fsp3) is 0.148. The van der Waals surface area contributed by atoms with E-state index in [1.807, 2.05) is 53.6 Å². The highest BCUT2D eigenvalue weighted by Crippen LogP contribution is 2.39. The molecule has 2 aromatic heterocycles. The van der Waals surface area contributed by atoms with Gasteiger partial charge in [0.15, 0.2) is 5.11 Å². The van der Waals surface area contributed by atoms with Gasteiger partial charge >= 0.3 is 0 Å². The van der Waals surface area contributed by atoms with E-state index in [0.717, 1.165) is 21.5 Å². The third-order valence-electron chi connectivity index (χ3n) is 6.08. The molecular weight excluding hydrogens is 541 g/mol. The number of halogens is 2. The van der Waals surface area contributed by atoms with Crippen LogP contribution >= 0.6 is 28.1 Å². The first-order valence-electron chi connectivity index (χ1n) is 11.5. The van der Waals surface area contributed by atoms with E-state index in [4.69, 9.17) is 12.2 Å². The number of nitrogens with one attached hydrogen (secondary N) is 2. The maximum Gasteiger partial charge on any atom is 0.226 e. The van der Waals surface area contributed by atoms with Gasteiger partial charge in [-0.25, -0.2) is 4.39 Å². The van der Waals surface area contributed by atoms with Crippen LogP contribution in [0.2, 0.25) is 0 Å². The number of anilines is 1. The molecule has 1 fully saturated rings. The molecule has 0 saturated carbocycles. The highest BCUT2D eigenvalue weighted by molar-refractivity contribution is 9.10. The van der Waals surface area contributed by atoms with E-state index in [0.29, 0.717) is 17.3 Å². The molecule has 9 heteroatoms. The number of hydrogen-bond acceptors (Lipinski definition) is 3. The van der Waals surface area contributed by atoms with E-state index >= 15 is 0 Å². The van der Waals surface area contributed by atoms with E-state index < -0.39 is 0 Å². The number of thiocarbonyl (C=S) groups is 1. The van der Waals surface area contributed by atoms with Gasteiger partial charge in [-0.15, -0.1) is 0 Å². The minimum atomic E-state index is -0.349. The molecule has 0 radical (unpaired) electrons. The first-order valence-corrected chi connectivity index (χ1v) is 12.7. The summed E-state index contributed by atoms with van der Waals surface area (Å²) in [4.78, 5) is 19.3. The molecule has 0 aliphatic carbocycles. The Bertz CT molecular complexity index is 1380. The second-order valence-corrected chi connectivity index (χ2v) is 9.71. The summed E-state index contributed by atoms with van der Waals surface area (Å²) in [5.41, 5.74) is 3.45. The third-order valence-corrected chi connectivity index (χ3v) is 6.92. The Morgan fingerprint density at radius 3 is 2.67 bits per heavy atom. The largest absolute Gasteiger partial charge is 0.352 e. The summed E-state index contributed by atoms with van der Waals surface area (Å²) in [7, 11) is 0. The number of pyridine rings is 1. The van der Waals surface area contributed by atoms with Gasteiger partial charge in [0, 0.05) is 46.9 Å². The Morgan fingerprint density at radius 2 is 1.92 bits per heavy atom. The quantitative estimate of drug-likeness (QED) is 0.279. The molecule has 6 nitrogen and oxygen atoms in total. The van der Waals surface area contributed by atoms with Gasteiger partial charge in [-0.1, -0.05) is 28.1 Å². The lowest BCUT2D eigenvalue weighted by molar-refractivity contribution is -0.116. The molecule has 2 N–H and O–H groups in total. The molecule has 3 heterocycles. The van der Waals surface area contributed by atoms with Crippen molar-refractivity contribution in [2.75, 3.05) is 11.9 Å². The number of carbonyl (C=O) groups is 1. The van der Waals surface area contributed by atoms with E-state index in [9.17, 15) is 9.18 Å². The number of aromatic nitrogens is 2. The van der Waals surface area contributed by atoms with Crippen molar-refractivity contribution in [2.45, 2.75) is 18.5 Å². The zero-order valence-electron chi connectivity index (χ0n) is 19.1. The van der Waals surface area contributed by atoms with Crippen LogP contribution in [0.15, 0.2) is 95.7 Å². The van der Waals surface area contributed by atoms with Gasteiger partial charge in [-0.3, -0.25) is 9.78 Å². The zero-order valence-corrected chi connectivity index (χ0v) is 21.5. The summed E-state index contributed by atoms with van der Waals surface area (Å²) in [6, 6.07) is 23.3. The Morgan fingerprint density at radius 1 is 1.08 bits per heavy atom. The standard InChI is InChI=1S/C27H23BrFN5OS/c28-18-5-3-6-21(17-18)33-15-4-8-23(33)26-25(22-7-1-2-14-30-22)32-27(36)34(26)16-13-24(35)31-20-11-9-19(29)10-12-20/h1-12,14-15,17,25-26H,13,16H2,(H,31,35)(H,32,36). The van der Waals surface area contributed by atoms with Gasteiger partial charge in [0.1, 0.15) is 5.82 Å². The molecule has 5 rings (SSSR count). The van der Waals surface area contributed by atoms with Crippen LogP contribution in [-0.4, -0.2) is 32.0 Å². The second kappa shape index (κ2) is 10.6. The highest BCUT2D eigenvalue weighted by Gasteiger charge is 2.41. The lowest BCUT2D eigenvalue weighted by atomic mass is 10.0. The molecule has 36 heavy (non-hydrogen) atoms. The molecule has 1 amide bonds. The van der Waals surface area contributed by atoms with Gasteiger partial charge in [-0.05, 0) is 78.9 Å². The van der Waals surface area contributed by atoms with Crippen LogP contribution in [-0.2, 0) is 4.79 Å². The van der Waals surface area contributed by atoms with Crippen molar-refractivity contribution in [3.05, 3.63) is 113 Å². The Kier molecular flexibility index (Phi) is 7.11. The predicted octanol–water partition coefficient (Wildman–Crippen LogP) is 5.78. The van der Waals surface area contributed by atoms with Crippen molar-refractivity contribution in [3.63, 3.8) is 0 Å². The average Bonchev–Trinajstić information content (AvgIpc) is 3.49. The number of hydrogen-bond donors (Lipinski definition) is 2. The first-order chi connectivity index (χ1) is 17.5. The lowest BCUT2D eigenvalue weighted by Crippen LogP contribution is -2.33. The van der Waals surface area contributed by atoms with Gasteiger partial charge in [0.25, 0.3) is 0 Å². The molecule has 2 unspecified atom stereocenters. The number of amides is 1. The maximum atomic E-state index is 13.2. The van der Waals surface area contributed by atoms with E-state index in [-0.39, 0.29) is 30.2 Å². The molecule has 2 aromatic carbocycles. The molecule has 0 spiro atoms. The summed E-state index contributed by atoms with van der Waals surface area (Å²) in [6.45, 7) is 0.399. The summed E-state index contributed by atoms with van der Waals surface area (Å²) in [6.07, 6.45) is 4.00. The lowest BCUT2D eigenvalue weighted by Gasteiger charge is -2.29. The van der Waals surface area contributed by atoms with Crippen LogP contribution in [0.25, 0.3) is 5.69 Å². The minimum absolute atomic E-state index is 0.174. The zero-order chi connectivity index (χ0) is 25.1. The molecule has 2 atom stereocenters. The summed E-state index contributed by atoms with van der Waals surface area (Å²) >= 11 is 9.31. The fourth-order valence-electron chi connectivity index (χ4n) is 4.44. The fourth-order valence-corrected chi connectivity index (χ4v) is 5.16. The minimum Gasteiger partial charge on any atom is -0.352 e. The maximum absolute atomic E-state index is 13.2.